The minimum Gasteiger partial charge on any atom is -0.497 e. The van der Waals surface area contributed by atoms with Gasteiger partial charge in [0.1, 0.15) is 5.75 Å². The smallest absolute Gasteiger partial charge is 0.463 e. The molecule has 0 heterocycles. The van der Waals surface area contributed by atoms with E-state index in [0.717, 1.165) is 0 Å². The Hall–Kier alpha value is -1.86. The van der Waals surface area contributed by atoms with E-state index in [0.29, 0.717) is 11.3 Å². The van der Waals surface area contributed by atoms with Crippen molar-refractivity contribution in [1.82, 2.24) is 5.32 Å². The molecule has 0 saturated heterocycles. The Morgan fingerprint density at radius 1 is 1.25 bits per heavy atom. The van der Waals surface area contributed by atoms with E-state index in [1.165, 1.54) is 32.2 Å². The molecule has 0 fully saturated rings. The minimum absolute atomic E-state index is 0.343. The summed E-state index contributed by atoms with van der Waals surface area (Å²) in [7, 11) is 1.38. The summed E-state index contributed by atoms with van der Waals surface area (Å²) in [5.41, 5.74) is 0.343. The Bertz CT molecular complexity index is 487. The van der Waals surface area contributed by atoms with Crippen LogP contribution in [0.2, 0.25) is 0 Å². The average molecular weight is 297 g/mol. The molecular formula is C12H12F5NO2. The van der Waals surface area contributed by atoms with Gasteiger partial charge in [0.25, 0.3) is 0 Å². The zero-order valence-corrected chi connectivity index (χ0v) is 10.6. The van der Waals surface area contributed by atoms with Gasteiger partial charge in [0, 0.05) is 0 Å². The molecule has 0 saturated carbocycles. The number of hydrogen-bond donors (Lipinski definition) is 1. The summed E-state index contributed by atoms with van der Waals surface area (Å²) in [6, 6.07) is 4.97. The van der Waals surface area contributed by atoms with Crippen molar-refractivity contribution in [2.75, 3.05) is 7.11 Å². The normalized spacial score (nSPS) is 13.8. The van der Waals surface area contributed by atoms with Gasteiger partial charge in [0.15, 0.2) is 0 Å². The molecule has 0 aromatic heterocycles. The zero-order chi connectivity index (χ0) is 15.6. The quantitative estimate of drug-likeness (QED) is 0.867. The van der Waals surface area contributed by atoms with Crippen LogP contribution in [0.25, 0.3) is 0 Å². The summed E-state index contributed by atoms with van der Waals surface area (Å²) in [5, 5.41) is 1.63. The first-order valence-electron chi connectivity index (χ1n) is 5.49. The van der Waals surface area contributed by atoms with Gasteiger partial charge in [-0.3, -0.25) is 4.79 Å². The number of halogens is 5. The summed E-state index contributed by atoms with van der Waals surface area (Å²) < 4.78 is 66.5. The number of hydrogen-bond acceptors (Lipinski definition) is 2. The van der Waals surface area contributed by atoms with E-state index in [9.17, 15) is 26.7 Å². The van der Waals surface area contributed by atoms with Gasteiger partial charge < -0.3 is 10.1 Å². The third-order valence-electron chi connectivity index (χ3n) is 2.58. The van der Waals surface area contributed by atoms with Crippen molar-refractivity contribution in [3.8, 4) is 5.75 Å². The van der Waals surface area contributed by atoms with E-state index in [1.54, 1.807) is 11.4 Å². The van der Waals surface area contributed by atoms with Crippen LogP contribution in [0.3, 0.4) is 0 Å². The molecule has 0 unspecified atom stereocenters. The minimum atomic E-state index is -5.93. The van der Waals surface area contributed by atoms with E-state index in [1.807, 2.05) is 0 Å². The third-order valence-corrected chi connectivity index (χ3v) is 2.58. The number of benzene rings is 1. The number of ether oxygens (including phenoxy) is 1. The number of nitrogens with one attached hydrogen (secondary N) is 1. The van der Waals surface area contributed by atoms with Gasteiger partial charge in [-0.25, -0.2) is 0 Å². The maximum absolute atomic E-state index is 12.8. The molecule has 1 aromatic carbocycles. The maximum atomic E-state index is 12.8. The van der Waals surface area contributed by atoms with Crippen molar-refractivity contribution in [3.63, 3.8) is 0 Å². The van der Waals surface area contributed by atoms with E-state index in [4.69, 9.17) is 4.74 Å². The van der Waals surface area contributed by atoms with E-state index >= 15 is 0 Å². The van der Waals surface area contributed by atoms with Gasteiger partial charge in [0.2, 0.25) is 0 Å². The Morgan fingerprint density at radius 2 is 1.85 bits per heavy atom. The van der Waals surface area contributed by atoms with Crippen LogP contribution in [0.5, 0.6) is 5.75 Å². The first kappa shape index (κ1) is 16.2. The Kier molecular flexibility index (Phi) is 4.57. The molecule has 0 aliphatic carbocycles. The second-order valence-corrected chi connectivity index (χ2v) is 4.04. The van der Waals surface area contributed by atoms with Crippen molar-refractivity contribution in [1.29, 1.82) is 0 Å². The van der Waals surface area contributed by atoms with Crippen molar-refractivity contribution in [3.05, 3.63) is 29.8 Å². The van der Waals surface area contributed by atoms with Crippen LogP contribution in [-0.2, 0) is 4.79 Å². The molecule has 0 aliphatic heterocycles. The monoisotopic (exact) mass is 297 g/mol. The van der Waals surface area contributed by atoms with E-state index in [-0.39, 0.29) is 0 Å². The number of amides is 1. The molecule has 8 heteroatoms. The van der Waals surface area contributed by atoms with Crippen molar-refractivity contribution < 1.29 is 31.5 Å². The second-order valence-electron chi connectivity index (χ2n) is 4.04. The van der Waals surface area contributed by atoms with Crippen LogP contribution in [0.1, 0.15) is 18.5 Å². The van der Waals surface area contributed by atoms with Crippen LogP contribution in [0.4, 0.5) is 22.0 Å². The molecule has 0 aliphatic rings. The number of carbonyl (C=O) groups excluding carboxylic acids is 1. The zero-order valence-electron chi connectivity index (χ0n) is 10.6. The Morgan fingerprint density at radius 3 is 2.35 bits per heavy atom. The lowest BCUT2D eigenvalue weighted by Gasteiger charge is -2.22. The molecular weight excluding hydrogens is 285 g/mol. The highest BCUT2D eigenvalue weighted by atomic mass is 19.4. The predicted octanol–water partition coefficient (Wildman–Crippen LogP) is 3.07. The maximum Gasteiger partial charge on any atom is 0.463 e. The van der Waals surface area contributed by atoms with Crippen LogP contribution in [0, 0.1) is 0 Å². The second kappa shape index (κ2) is 5.64. The van der Waals surface area contributed by atoms with Crippen LogP contribution >= 0.6 is 0 Å². The Balaban J connectivity index is 2.85. The summed E-state index contributed by atoms with van der Waals surface area (Å²) in [6.45, 7) is 1.29. The number of alkyl halides is 5. The highest BCUT2D eigenvalue weighted by molar-refractivity contribution is 5.84. The molecule has 1 atom stereocenters. The number of carbonyl (C=O) groups is 1. The molecule has 0 spiro atoms. The first-order chi connectivity index (χ1) is 9.09. The lowest BCUT2D eigenvalue weighted by atomic mass is 10.1. The van der Waals surface area contributed by atoms with Crippen LogP contribution in [0.15, 0.2) is 24.3 Å². The molecule has 1 N–H and O–H groups in total. The fourth-order valence-electron chi connectivity index (χ4n) is 1.41. The van der Waals surface area contributed by atoms with Crippen LogP contribution < -0.4 is 10.1 Å². The highest BCUT2D eigenvalue weighted by Crippen LogP contribution is 2.36. The summed E-state index contributed by atoms with van der Waals surface area (Å²) in [4.78, 5) is 11.0. The predicted molar refractivity (Wildman–Crippen MR) is 60.6 cm³/mol. The molecule has 0 radical (unpaired) electrons. The molecule has 1 aromatic rings. The molecule has 1 rings (SSSR count). The standard InChI is InChI=1S/C12H12F5NO2/c1-7(8-4-3-5-9(6-8)20-2)18-10(19)11(13,14)12(15,16)17/h3-7H,1-2H3,(H,18,19)/t7-/m0/s1. The van der Waals surface area contributed by atoms with Crippen molar-refractivity contribution >= 4 is 5.91 Å². The third kappa shape index (κ3) is 3.37. The molecule has 0 bridgehead atoms. The van der Waals surface area contributed by atoms with Gasteiger partial charge >= 0.3 is 18.0 Å². The van der Waals surface area contributed by atoms with Gasteiger partial charge in [-0.05, 0) is 24.6 Å². The molecule has 3 nitrogen and oxygen atoms in total. The molecule has 112 valence electrons. The largest absolute Gasteiger partial charge is 0.497 e. The lowest BCUT2D eigenvalue weighted by Crippen LogP contribution is -2.50. The average Bonchev–Trinajstić information content (AvgIpc) is 2.37. The van der Waals surface area contributed by atoms with Crippen molar-refractivity contribution in [2.24, 2.45) is 0 Å². The van der Waals surface area contributed by atoms with Gasteiger partial charge in [-0.2, -0.15) is 22.0 Å². The molecule has 20 heavy (non-hydrogen) atoms. The lowest BCUT2D eigenvalue weighted by molar-refractivity contribution is -0.270. The summed E-state index contributed by atoms with van der Waals surface area (Å²) in [5.74, 6) is -7.42. The van der Waals surface area contributed by atoms with Crippen molar-refractivity contribution in [2.45, 2.75) is 25.1 Å². The highest BCUT2D eigenvalue weighted by Gasteiger charge is 2.63. The Labute approximate surface area is 111 Å². The van der Waals surface area contributed by atoms with Gasteiger partial charge in [-0.15, -0.1) is 0 Å². The molecule has 1 amide bonds. The van der Waals surface area contributed by atoms with E-state index < -0.39 is 24.0 Å². The first-order valence-corrected chi connectivity index (χ1v) is 5.49. The van der Waals surface area contributed by atoms with Gasteiger partial charge in [0.05, 0.1) is 13.2 Å². The van der Waals surface area contributed by atoms with Crippen LogP contribution in [-0.4, -0.2) is 25.1 Å². The topological polar surface area (TPSA) is 38.3 Å². The van der Waals surface area contributed by atoms with Gasteiger partial charge in [-0.1, -0.05) is 12.1 Å². The SMILES string of the molecule is COc1cccc([C@H](C)NC(=O)C(F)(F)C(F)(F)F)c1. The fourth-order valence-corrected chi connectivity index (χ4v) is 1.41. The summed E-state index contributed by atoms with van der Waals surface area (Å²) in [6.07, 6.45) is -5.93. The number of rotatable bonds is 4. The fraction of sp³-hybridized carbons (Fsp3) is 0.417. The summed E-state index contributed by atoms with van der Waals surface area (Å²) >= 11 is 0. The van der Waals surface area contributed by atoms with E-state index in [2.05, 4.69) is 0 Å². The number of methoxy groups -OCH3 is 1.